The van der Waals surface area contributed by atoms with E-state index in [4.69, 9.17) is 0 Å². The summed E-state index contributed by atoms with van der Waals surface area (Å²) in [4.78, 5) is 0. The van der Waals surface area contributed by atoms with Crippen LogP contribution in [0.25, 0.3) is 11.3 Å². The fourth-order valence-corrected chi connectivity index (χ4v) is 3.17. The third-order valence-electron chi connectivity index (χ3n) is 4.62. The van der Waals surface area contributed by atoms with Crippen LogP contribution >= 0.6 is 0 Å². The highest BCUT2D eigenvalue weighted by Crippen LogP contribution is 2.33. The van der Waals surface area contributed by atoms with Crippen LogP contribution in [-0.4, -0.2) is 26.3 Å². The standard InChI is InChI=1S/C19H17F3N4O/c20-19(21,22)18(27)14-5-3-13(4-6-14)17-11-26(25-24-17)10-12-1-2-15-8-23-9-16(15)7-12/h1-7,11,18,23,27H,8-10H2. The molecule has 1 unspecified atom stereocenters. The SMILES string of the molecule is OC(c1ccc(-c2cn(Cc3ccc4c(c3)CNC4)nn2)cc1)C(F)(F)F. The van der Waals surface area contributed by atoms with Gasteiger partial charge >= 0.3 is 6.18 Å². The maximum Gasteiger partial charge on any atom is 0.418 e. The number of fused-ring (bicyclic) bond motifs is 1. The summed E-state index contributed by atoms with van der Waals surface area (Å²) < 4.78 is 39.4. The van der Waals surface area contributed by atoms with Crippen molar-refractivity contribution in [2.45, 2.75) is 31.9 Å². The number of hydrogen-bond donors (Lipinski definition) is 2. The minimum Gasteiger partial charge on any atom is -0.379 e. The Labute approximate surface area is 153 Å². The van der Waals surface area contributed by atoms with Crippen molar-refractivity contribution >= 4 is 0 Å². The van der Waals surface area contributed by atoms with E-state index in [0.29, 0.717) is 17.8 Å². The molecular formula is C19H17F3N4O. The van der Waals surface area contributed by atoms with Crippen molar-refractivity contribution in [2.24, 2.45) is 0 Å². The zero-order valence-corrected chi connectivity index (χ0v) is 14.2. The van der Waals surface area contributed by atoms with Gasteiger partial charge in [0.2, 0.25) is 0 Å². The monoisotopic (exact) mass is 374 g/mol. The molecule has 140 valence electrons. The molecule has 1 aromatic heterocycles. The Morgan fingerprint density at radius 2 is 1.81 bits per heavy atom. The number of halogens is 3. The van der Waals surface area contributed by atoms with Crippen LogP contribution in [0.5, 0.6) is 0 Å². The molecule has 1 atom stereocenters. The van der Waals surface area contributed by atoms with Crippen molar-refractivity contribution in [1.82, 2.24) is 20.3 Å². The molecule has 5 nitrogen and oxygen atoms in total. The van der Waals surface area contributed by atoms with E-state index < -0.39 is 12.3 Å². The zero-order chi connectivity index (χ0) is 19.0. The number of nitrogens with one attached hydrogen (secondary N) is 1. The molecule has 0 amide bonds. The van der Waals surface area contributed by atoms with Crippen LogP contribution in [-0.2, 0) is 19.6 Å². The van der Waals surface area contributed by atoms with Crippen LogP contribution in [0.15, 0.2) is 48.7 Å². The third kappa shape index (κ3) is 3.72. The Hall–Kier alpha value is -2.71. The van der Waals surface area contributed by atoms with Crippen LogP contribution in [0, 0.1) is 0 Å². The van der Waals surface area contributed by atoms with Gasteiger partial charge in [-0.05, 0) is 22.3 Å². The first-order chi connectivity index (χ1) is 12.9. The van der Waals surface area contributed by atoms with Gasteiger partial charge in [-0.25, -0.2) is 4.68 Å². The maximum absolute atomic E-state index is 12.6. The maximum atomic E-state index is 12.6. The highest BCUT2D eigenvalue weighted by molar-refractivity contribution is 5.58. The second kappa shape index (κ2) is 6.79. The number of rotatable bonds is 4. The van der Waals surface area contributed by atoms with E-state index in [0.717, 1.165) is 18.7 Å². The van der Waals surface area contributed by atoms with Crippen molar-refractivity contribution in [2.75, 3.05) is 0 Å². The molecule has 8 heteroatoms. The lowest BCUT2D eigenvalue weighted by Gasteiger charge is -2.14. The number of hydrogen-bond acceptors (Lipinski definition) is 4. The van der Waals surface area contributed by atoms with Crippen molar-refractivity contribution in [3.05, 3.63) is 70.9 Å². The number of nitrogens with zero attached hydrogens (tertiary/aromatic N) is 3. The van der Waals surface area contributed by atoms with Crippen LogP contribution in [0.4, 0.5) is 13.2 Å². The minimum atomic E-state index is -4.68. The van der Waals surface area contributed by atoms with Gasteiger partial charge in [-0.15, -0.1) is 5.10 Å². The Bertz CT molecular complexity index is 950. The van der Waals surface area contributed by atoms with E-state index >= 15 is 0 Å². The normalized spacial score (nSPS) is 15.0. The highest BCUT2D eigenvalue weighted by Gasteiger charge is 2.39. The predicted molar refractivity (Wildman–Crippen MR) is 92.6 cm³/mol. The van der Waals surface area contributed by atoms with Gasteiger partial charge in [0.15, 0.2) is 6.10 Å². The molecule has 4 rings (SSSR count). The predicted octanol–water partition coefficient (Wildman–Crippen LogP) is 3.19. The van der Waals surface area contributed by atoms with E-state index in [1.807, 2.05) is 0 Å². The topological polar surface area (TPSA) is 63.0 Å². The lowest BCUT2D eigenvalue weighted by atomic mass is 10.1. The van der Waals surface area contributed by atoms with E-state index in [-0.39, 0.29) is 5.56 Å². The summed E-state index contributed by atoms with van der Waals surface area (Å²) in [5.74, 6) is 0. The molecule has 0 aliphatic carbocycles. The second-order valence-electron chi connectivity index (χ2n) is 6.57. The Kier molecular flexibility index (Phi) is 4.45. The first-order valence-corrected chi connectivity index (χ1v) is 8.47. The van der Waals surface area contributed by atoms with Gasteiger partial charge in [0.25, 0.3) is 0 Å². The summed E-state index contributed by atoms with van der Waals surface area (Å²) in [6.07, 6.45) is -5.42. The Morgan fingerprint density at radius 3 is 2.56 bits per heavy atom. The fourth-order valence-electron chi connectivity index (χ4n) is 3.17. The molecule has 0 radical (unpaired) electrons. The zero-order valence-electron chi connectivity index (χ0n) is 14.2. The summed E-state index contributed by atoms with van der Waals surface area (Å²) in [6.45, 7) is 2.31. The van der Waals surface area contributed by atoms with Crippen LogP contribution in [0.3, 0.4) is 0 Å². The third-order valence-corrected chi connectivity index (χ3v) is 4.62. The van der Waals surface area contributed by atoms with E-state index in [2.05, 4.69) is 33.8 Å². The van der Waals surface area contributed by atoms with Crippen LogP contribution < -0.4 is 5.32 Å². The smallest absolute Gasteiger partial charge is 0.379 e. The molecule has 3 aromatic rings. The number of aromatic nitrogens is 3. The lowest BCUT2D eigenvalue weighted by molar-refractivity contribution is -0.206. The minimum absolute atomic E-state index is 0.203. The largest absolute Gasteiger partial charge is 0.418 e. The molecule has 0 fully saturated rings. The van der Waals surface area contributed by atoms with Gasteiger partial charge in [0.05, 0.1) is 12.7 Å². The quantitative estimate of drug-likeness (QED) is 0.736. The lowest BCUT2D eigenvalue weighted by Crippen LogP contribution is -2.19. The van der Waals surface area contributed by atoms with Crippen molar-refractivity contribution < 1.29 is 18.3 Å². The van der Waals surface area contributed by atoms with Crippen molar-refractivity contribution in [3.63, 3.8) is 0 Å². The van der Waals surface area contributed by atoms with E-state index in [1.165, 1.54) is 35.4 Å². The van der Waals surface area contributed by atoms with Gasteiger partial charge in [0.1, 0.15) is 5.69 Å². The molecule has 2 aromatic carbocycles. The summed E-state index contributed by atoms with van der Waals surface area (Å²) >= 11 is 0. The molecule has 0 saturated carbocycles. The molecule has 2 N–H and O–H groups in total. The van der Waals surface area contributed by atoms with E-state index in [9.17, 15) is 18.3 Å². The Morgan fingerprint density at radius 1 is 1.07 bits per heavy atom. The van der Waals surface area contributed by atoms with Gasteiger partial charge in [0, 0.05) is 18.7 Å². The van der Waals surface area contributed by atoms with Gasteiger partial charge in [-0.3, -0.25) is 0 Å². The molecule has 27 heavy (non-hydrogen) atoms. The Balaban J connectivity index is 1.49. The highest BCUT2D eigenvalue weighted by atomic mass is 19.4. The summed E-state index contributed by atoms with van der Waals surface area (Å²) in [5.41, 5.74) is 4.69. The second-order valence-corrected chi connectivity index (χ2v) is 6.57. The average molecular weight is 374 g/mol. The molecular weight excluding hydrogens is 357 g/mol. The first kappa shape index (κ1) is 17.7. The number of aliphatic hydroxyl groups excluding tert-OH is 1. The summed E-state index contributed by atoms with van der Waals surface area (Å²) in [7, 11) is 0. The molecule has 1 aliphatic rings. The number of alkyl halides is 3. The molecule has 0 bridgehead atoms. The van der Waals surface area contributed by atoms with Crippen molar-refractivity contribution in [3.8, 4) is 11.3 Å². The number of aliphatic hydroxyl groups is 1. The van der Waals surface area contributed by atoms with Crippen molar-refractivity contribution in [1.29, 1.82) is 0 Å². The molecule has 0 spiro atoms. The van der Waals surface area contributed by atoms with Gasteiger partial charge in [-0.2, -0.15) is 13.2 Å². The van der Waals surface area contributed by atoms with Crippen LogP contribution in [0.1, 0.15) is 28.4 Å². The van der Waals surface area contributed by atoms with Gasteiger partial charge < -0.3 is 10.4 Å². The van der Waals surface area contributed by atoms with E-state index in [1.54, 1.807) is 10.9 Å². The summed E-state index contributed by atoms with van der Waals surface area (Å²) in [6, 6.07) is 11.8. The number of benzene rings is 2. The van der Waals surface area contributed by atoms with Crippen LogP contribution in [0.2, 0.25) is 0 Å². The average Bonchev–Trinajstić information content (AvgIpc) is 3.29. The van der Waals surface area contributed by atoms with Gasteiger partial charge in [-0.1, -0.05) is 47.7 Å². The molecule has 1 aliphatic heterocycles. The molecule has 0 saturated heterocycles. The summed E-state index contributed by atoms with van der Waals surface area (Å²) in [5, 5.41) is 20.8. The fraction of sp³-hybridized carbons (Fsp3) is 0.263. The first-order valence-electron chi connectivity index (χ1n) is 8.47. The molecule has 2 heterocycles.